The Morgan fingerprint density at radius 1 is 1.29 bits per heavy atom. The summed E-state index contributed by atoms with van der Waals surface area (Å²) in [5, 5.41) is 3.16. The summed E-state index contributed by atoms with van der Waals surface area (Å²) in [6.45, 7) is -0.0703. The van der Waals surface area contributed by atoms with Gasteiger partial charge in [-0.3, -0.25) is 4.79 Å². The van der Waals surface area contributed by atoms with E-state index in [1.54, 1.807) is 18.0 Å². The molecular weight excluding hydrogens is 349 g/mol. The number of hydrogen-bond acceptors (Lipinski definition) is 4. The van der Waals surface area contributed by atoms with Crippen LogP contribution < -0.4 is 14.8 Å². The number of halogens is 4. The van der Waals surface area contributed by atoms with Gasteiger partial charge in [-0.25, -0.2) is 0 Å². The molecule has 9 heteroatoms. The van der Waals surface area contributed by atoms with Gasteiger partial charge >= 0.3 is 6.18 Å². The van der Waals surface area contributed by atoms with Crippen LogP contribution in [0, 0.1) is 0 Å². The standard InChI is InChI=1S/C15H19F3N2O3.ClH/c1-20(11-6-7-19-8-11)14(21)9-22-12-4-2-3-5-13(12)23-10-15(16,17)18;/h2-5,11,19H,6-10H2,1H3;1H. The van der Waals surface area contributed by atoms with Crippen molar-refractivity contribution in [2.45, 2.75) is 18.6 Å². The molecule has 1 heterocycles. The van der Waals surface area contributed by atoms with E-state index in [0.29, 0.717) is 0 Å². The van der Waals surface area contributed by atoms with Crippen LogP contribution in [0.2, 0.25) is 0 Å². The predicted molar refractivity (Wildman–Crippen MR) is 84.8 cm³/mol. The van der Waals surface area contributed by atoms with Gasteiger partial charge in [0.25, 0.3) is 5.91 Å². The second kappa shape index (κ2) is 8.98. The molecule has 1 aliphatic heterocycles. The van der Waals surface area contributed by atoms with E-state index in [9.17, 15) is 18.0 Å². The van der Waals surface area contributed by atoms with Crippen molar-refractivity contribution in [3.63, 3.8) is 0 Å². The Morgan fingerprint density at radius 3 is 2.46 bits per heavy atom. The topological polar surface area (TPSA) is 50.8 Å². The SMILES string of the molecule is CN(C(=O)COc1ccccc1OCC(F)(F)F)C1CCNC1.Cl. The molecule has 1 aromatic carbocycles. The predicted octanol–water partition coefficient (Wildman–Crippen LogP) is 2.25. The van der Waals surface area contributed by atoms with E-state index in [2.05, 4.69) is 5.32 Å². The highest BCUT2D eigenvalue weighted by atomic mass is 35.5. The number of nitrogens with zero attached hydrogens (tertiary/aromatic N) is 1. The third kappa shape index (κ3) is 6.09. The Balaban J connectivity index is 0.00000288. The van der Waals surface area contributed by atoms with E-state index < -0.39 is 12.8 Å². The highest BCUT2D eigenvalue weighted by Gasteiger charge is 2.29. The van der Waals surface area contributed by atoms with Crippen LogP contribution in [-0.2, 0) is 4.79 Å². The maximum atomic E-state index is 12.2. The molecule has 2 rings (SSSR count). The number of nitrogens with one attached hydrogen (secondary N) is 1. The summed E-state index contributed by atoms with van der Waals surface area (Å²) < 4.78 is 46.7. The van der Waals surface area contributed by atoms with Crippen molar-refractivity contribution in [2.24, 2.45) is 0 Å². The lowest BCUT2D eigenvalue weighted by Crippen LogP contribution is -2.40. The Kier molecular flexibility index (Phi) is 7.62. The molecule has 0 saturated carbocycles. The highest BCUT2D eigenvalue weighted by molar-refractivity contribution is 5.85. The van der Waals surface area contributed by atoms with E-state index >= 15 is 0 Å². The second-order valence-corrected chi connectivity index (χ2v) is 5.29. The molecule has 1 fully saturated rings. The van der Waals surface area contributed by atoms with Crippen LogP contribution in [0.3, 0.4) is 0 Å². The molecule has 1 aliphatic rings. The third-order valence-electron chi connectivity index (χ3n) is 3.57. The number of ether oxygens (including phenoxy) is 2. The minimum atomic E-state index is -4.43. The molecule has 1 saturated heterocycles. The highest BCUT2D eigenvalue weighted by Crippen LogP contribution is 2.28. The van der Waals surface area contributed by atoms with Crippen molar-refractivity contribution in [1.82, 2.24) is 10.2 Å². The van der Waals surface area contributed by atoms with E-state index in [-0.39, 0.29) is 42.5 Å². The van der Waals surface area contributed by atoms with Crippen LogP contribution in [0.1, 0.15) is 6.42 Å². The van der Waals surface area contributed by atoms with E-state index in [0.717, 1.165) is 19.5 Å². The summed E-state index contributed by atoms with van der Waals surface area (Å²) in [6.07, 6.45) is -3.56. The Morgan fingerprint density at radius 2 is 1.92 bits per heavy atom. The van der Waals surface area contributed by atoms with Crippen LogP contribution in [0.5, 0.6) is 11.5 Å². The van der Waals surface area contributed by atoms with E-state index in [1.807, 2.05) is 0 Å². The second-order valence-electron chi connectivity index (χ2n) is 5.29. The molecule has 0 radical (unpaired) electrons. The molecule has 1 amide bonds. The molecule has 1 atom stereocenters. The monoisotopic (exact) mass is 368 g/mol. The fraction of sp³-hybridized carbons (Fsp3) is 0.533. The number of hydrogen-bond donors (Lipinski definition) is 1. The summed E-state index contributed by atoms with van der Waals surface area (Å²) in [6, 6.07) is 6.09. The minimum Gasteiger partial charge on any atom is -0.480 e. The molecule has 5 nitrogen and oxygen atoms in total. The largest absolute Gasteiger partial charge is 0.480 e. The fourth-order valence-electron chi connectivity index (χ4n) is 2.26. The molecule has 1 aromatic rings. The zero-order valence-corrected chi connectivity index (χ0v) is 14.0. The van der Waals surface area contributed by atoms with Crippen LogP contribution in [0.15, 0.2) is 24.3 Å². The quantitative estimate of drug-likeness (QED) is 0.836. The van der Waals surface area contributed by atoms with Crippen LogP contribution in [0.4, 0.5) is 13.2 Å². The molecule has 0 aromatic heterocycles. The Hall–Kier alpha value is -1.67. The van der Waals surface area contributed by atoms with Crippen LogP contribution in [0.25, 0.3) is 0 Å². The average molecular weight is 369 g/mol. The van der Waals surface area contributed by atoms with Gasteiger partial charge in [0.15, 0.2) is 24.7 Å². The summed E-state index contributed by atoms with van der Waals surface area (Å²) >= 11 is 0. The number of rotatable bonds is 6. The van der Waals surface area contributed by atoms with Gasteiger partial charge in [0.05, 0.1) is 0 Å². The molecule has 0 spiro atoms. The zero-order chi connectivity index (χ0) is 16.9. The van der Waals surface area contributed by atoms with Crippen molar-refractivity contribution < 1.29 is 27.4 Å². The lowest BCUT2D eigenvalue weighted by Gasteiger charge is -2.24. The lowest BCUT2D eigenvalue weighted by molar-refractivity contribution is -0.153. The maximum Gasteiger partial charge on any atom is 0.422 e. The molecule has 1 N–H and O–H groups in total. The first-order valence-electron chi connectivity index (χ1n) is 7.24. The smallest absolute Gasteiger partial charge is 0.422 e. The summed E-state index contributed by atoms with van der Waals surface area (Å²) in [5.41, 5.74) is 0. The van der Waals surface area contributed by atoms with Gasteiger partial charge in [-0.1, -0.05) is 12.1 Å². The van der Waals surface area contributed by atoms with Gasteiger partial charge in [0.2, 0.25) is 0 Å². The third-order valence-corrected chi connectivity index (χ3v) is 3.57. The number of para-hydroxylation sites is 2. The van der Waals surface area contributed by atoms with Gasteiger partial charge in [-0.05, 0) is 25.1 Å². The van der Waals surface area contributed by atoms with Crippen molar-refractivity contribution in [3.8, 4) is 11.5 Å². The molecule has 136 valence electrons. The number of amides is 1. The Labute approximate surface area is 144 Å². The Bertz CT molecular complexity index is 537. The summed E-state index contributed by atoms with van der Waals surface area (Å²) in [7, 11) is 1.69. The van der Waals surface area contributed by atoms with Crippen molar-refractivity contribution in [3.05, 3.63) is 24.3 Å². The number of carbonyl (C=O) groups is 1. The van der Waals surface area contributed by atoms with Gasteiger partial charge < -0.3 is 19.7 Å². The van der Waals surface area contributed by atoms with Crippen LogP contribution in [-0.4, -0.2) is 56.4 Å². The van der Waals surface area contributed by atoms with E-state index in [4.69, 9.17) is 9.47 Å². The molecule has 0 aliphatic carbocycles. The number of likely N-dealkylation sites (N-methyl/N-ethyl adjacent to an activating group) is 1. The van der Waals surface area contributed by atoms with Crippen molar-refractivity contribution >= 4 is 18.3 Å². The lowest BCUT2D eigenvalue weighted by atomic mass is 10.2. The first kappa shape index (κ1) is 20.4. The normalized spacial score (nSPS) is 17.1. The number of carbonyl (C=O) groups excluding carboxylic acids is 1. The van der Waals surface area contributed by atoms with Gasteiger partial charge in [0, 0.05) is 19.6 Å². The fourth-order valence-corrected chi connectivity index (χ4v) is 2.26. The molecular formula is C15H20ClF3N2O3. The molecule has 0 bridgehead atoms. The van der Waals surface area contributed by atoms with Gasteiger partial charge in [-0.15, -0.1) is 12.4 Å². The first-order valence-corrected chi connectivity index (χ1v) is 7.24. The molecule has 1 unspecified atom stereocenters. The summed E-state index contributed by atoms with van der Waals surface area (Å²) in [4.78, 5) is 13.7. The average Bonchev–Trinajstić information content (AvgIpc) is 3.04. The summed E-state index contributed by atoms with van der Waals surface area (Å²) in [5.74, 6) is -0.157. The number of benzene rings is 1. The number of alkyl halides is 3. The minimum absolute atomic E-state index is 0. The molecule has 24 heavy (non-hydrogen) atoms. The van der Waals surface area contributed by atoms with Crippen molar-refractivity contribution in [2.75, 3.05) is 33.4 Å². The maximum absolute atomic E-state index is 12.2. The van der Waals surface area contributed by atoms with Crippen LogP contribution >= 0.6 is 12.4 Å². The van der Waals surface area contributed by atoms with E-state index in [1.165, 1.54) is 18.2 Å². The first-order chi connectivity index (χ1) is 10.9. The van der Waals surface area contributed by atoms with Gasteiger partial charge in [-0.2, -0.15) is 13.2 Å². The van der Waals surface area contributed by atoms with Gasteiger partial charge in [0.1, 0.15) is 0 Å². The van der Waals surface area contributed by atoms with Crippen molar-refractivity contribution in [1.29, 1.82) is 0 Å². The zero-order valence-electron chi connectivity index (χ0n) is 13.1.